The molecule has 3 rings (SSSR count). The third-order valence-corrected chi connectivity index (χ3v) is 4.61. The molecule has 29 heavy (non-hydrogen) atoms. The van der Waals surface area contributed by atoms with E-state index in [0.29, 0.717) is 22.7 Å². The first-order chi connectivity index (χ1) is 13.7. The van der Waals surface area contributed by atoms with Gasteiger partial charge < -0.3 is 9.47 Å². The van der Waals surface area contributed by atoms with Crippen LogP contribution in [0.3, 0.4) is 0 Å². The van der Waals surface area contributed by atoms with Crippen LogP contribution in [-0.4, -0.2) is 32.1 Å². The fourth-order valence-corrected chi connectivity index (χ4v) is 3.46. The number of rotatable bonds is 4. The summed E-state index contributed by atoms with van der Waals surface area (Å²) in [7, 11) is 2.90. The fourth-order valence-electron chi connectivity index (χ4n) is 3.16. The van der Waals surface area contributed by atoms with E-state index < -0.39 is 17.8 Å². The van der Waals surface area contributed by atoms with Crippen LogP contribution in [0, 0.1) is 13.8 Å². The van der Waals surface area contributed by atoms with Crippen molar-refractivity contribution < 1.29 is 23.9 Å². The van der Waals surface area contributed by atoms with E-state index in [0.717, 1.165) is 16.0 Å². The molecule has 1 aliphatic heterocycles. The number of hydrogen-bond acceptors (Lipinski definition) is 5. The second-order valence-electron chi connectivity index (χ2n) is 6.54. The molecule has 0 saturated carbocycles. The van der Waals surface area contributed by atoms with Gasteiger partial charge in [0.15, 0.2) is 11.5 Å². The maximum Gasteiger partial charge on any atom is 0.335 e. The third-order valence-electron chi connectivity index (χ3n) is 4.33. The summed E-state index contributed by atoms with van der Waals surface area (Å²) in [5.74, 6) is -0.832. The number of hydrogen-bond donors (Lipinski definition) is 1. The minimum atomic E-state index is -0.799. The monoisotopic (exact) mass is 414 g/mol. The summed E-state index contributed by atoms with van der Waals surface area (Å²) in [4.78, 5) is 38.7. The van der Waals surface area contributed by atoms with E-state index in [9.17, 15) is 14.4 Å². The van der Waals surface area contributed by atoms with Gasteiger partial charge in [-0.1, -0.05) is 17.7 Å². The lowest BCUT2D eigenvalue weighted by molar-refractivity contribution is -0.122. The minimum absolute atomic E-state index is 0.202. The molecule has 8 heteroatoms. The molecular formula is C21H19ClN2O5. The van der Waals surface area contributed by atoms with Gasteiger partial charge in [-0.15, -0.1) is 0 Å². The number of benzene rings is 2. The highest BCUT2D eigenvalue weighted by Crippen LogP contribution is 2.37. The van der Waals surface area contributed by atoms with E-state index in [2.05, 4.69) is 5.32 Å². The summed E-state index contributed by atoms with van der Waals surface area (Å²) in [5, 5.41) is 2.46. The Labute approximate surface area is 172 Å². The van der Waals surface area contributed by atoms with E-state index in [1.54, 1.807) is 18.2 Å². The van der Waals surface area contributed by atoms with E-state index in [4.69, 9.17) is 21.1 Å². The molecule has 2 aromatic carbocycles. The molecular weight excluding hydrogens is 396 g/mol. The van der Waals surface area contributed by atoms with Crippen molar-refractivity contribution >= 4 is 41.2 Å². The number of halogens is 1. The molecule has 7 nitrogen and oxygen atoms in total. The van der Waals surface area contributed by atoms with Gasteiger partial charge in [-0.05, 0) is 60.9 Å². The largest absolute Gasteiger partial charge is 0.493 e. The van der Waals surface area contributed by atoms with Gasteiger partial charge in [-0.3, -0.25) is 14.9 Å². The van der Waals surface area contributed by atoms with Crippen molar-refractivity contribution in [1.82, 2.24) is 5.32 Å². The van der Waals surface area contributed by atoms with Gasteiger partial charge in [0.05, 0.1) is 24.9 Å². The Morgan fingerprint density at radius 1 is 0.966 bits per heavy atom. The van der Waals surface area contributed by atoms with Crippen molar-refractivity contribution in [3.63, 3.8) is 0 Å². The van der Waals surface area contributed by atoms with Gasteiger partial charge in [-0.25, -0.2) is 9.69 Å². The predicted molar refractivity (Wildman–Crippen MR) is 109 cm³/mol. The summed E-state index contributed by atoms with van der Waals surface area (Å²) in [6, 6.07) is 7.64. The molecule has 0 radical (unpaired) electrons. The van der Waals surface area contributed by atoms with Crippen LogP contribution in [0.2, 0.25) is 5.02 Å². The molecule has 1 N–H and O–H groups in total. The van der Waals surface area contributed by atoms with Crippen molar-refractivity contribution in [2.75, 3.05) is 19.1 Å². The summed E-state index contributed by atoms with van der Waals surface area (Å²) >= 11 is 6.20. The molecule has 0 aliphatic carbocycles. The van der Waals surface area contributed by atoms with Gasteiger partial charge >= 0.3 is 6.03 Å². The lowest BCUT2D eigenvalue weighted by Gasteiger charge is -2.27. The number of aryl methyl sites for hydroxylation is 2. The van der Waals surface area contributed by atoms with Gasteiger partial charge in [0.25, 0.3) is 11.8 Å². The average Bonchev–Trinajstić information content (AvgIpc) is 2.63. The number of imide groups is 2. The highest BCUT2D eigenvalue weighted by Gasteiger charge is 2.37. The van der Waals surface area contributed by atoms with Crippen LogP contribution in [0.5, 0.6) is 11.5 Å². The predicted octanol–water partition coefficient (Wildman–Crippen LogP) is 3.64. The molecule has 0 bridgehead atoms. The summed E-state index contributed by atoms with van der Waals surface area (Å²) < 4.78 is 10.4. The minimum Gasteiger partial charge on any atom is -0.493 e. The Kier molecular flexibility index (Phi) is 5.61. The van der Waals surface area contributed by atoms with Crippen LogP contribution >= 0.6 is 11.6 Å². The zero-order valence-electron chi connectivity index (χ0n) is 16.3. The van der Waals surface area contributed by atoms with Gasteiger partial charge in [-0.2, -0.15) is 0 Å². The second kappa shape index (κ2) is 7.97. The van der Waals surface area contributed by atoms with E-state index in [-0.39, 0.29) is 10.6 Å². The molecule has 2 aromatic rings. The number of methoxy groups -OCH3 is 2. The highest BCUT2D eigenvalue weighted by molar-refractivity contribution is 6.39. The number of carbonyl (C=O) groups is 3. The number of nitrogens with one attached hydrogen (secondary N) is 1. The van der Waals surface area contributed by atoms with Crippen molar-refractivity contribution in [1.29, 1.82) is 0 Å². The molecule has 0 spiro atoms. The average molecular weight is 415 g/mol. The highest BCUT2D eigenvalue weighted by atomic mass is 35.5. The number of carbonyl (C=O) groups excluding carboxylic acids is 3. The van der Waals surface area contributed by atoms with Crippen LogP contribution in [0.15, 0.2) is 35.9 Å². The molecule has 150 valence electrons. The van der Waals surface area contributed by atoms with Crippen LogP contribution in [0.25, 0.3) is 6.08 Å². The Morgan fingerprint density at radius 2 is 1.62 bits per heavy atom. The van der Waals surface area contributed by atoms with Crippen molar-refractivity contribution in [3.8, 4) is 11.5 Å². The number of barbiturate groups is 1. The number of anilines is 1. The van der Waals surface area contributed by atoms with Crippen molar-refractivity contribution in [2.45, 2.75) is 13.8 Å². The third kappa shape index (κ3) is 3.95. The Bertz CT molecular complexity index is 1040. The van der Waals surface area contributed by atoms with Crippen LogP contribution in [0.1, 0.15) is 16.7 Å². The Hall–Kier alpha value is -3.32. The molecule has 0 aromatic heterocycles. The molecule has 0 unspecified atom stereocenters. The number of ether oxygens (including phenoxy) is 2. The topological polar surface area (TPSA) is 84.9 Å². The molecule has 1 aliphatic rings. The van der Waals surface area contributed by atoms with Gasteiger partial charge in [0.2, 0.25) is 0 Å². The quantitative estimate of drug-likeness (QED) is 0.609. The fraction of sp³-hybridized carbons (Fsp3) is 0.190. The lowest BCUT2D eigenvalue weighted by Crippen LogP contribution is -2.54. The maximum absolute atomic E-state index is 13.0. The summed E-state index contributed by atoms with van der Waals surface area (Å²) in [6.07, 6.45) is 1.35. The SMILES string of the molecule is COc1cc(C=C2C(=O)NC(=O)N(c3cc(C)cc(C)c3)C2=O)cc(Cl)c1OC. The van der Waals surface area contributed by atoms with Crippen molar-refractivity contribution in [3.05, 3.63) is 57.6 Å². The van der Waals surface area contributed by atoms with Gasteiger partial charge in [0.1, 0.15) is 5.57 Å². The molecule has 4 amide bonds. The van der Waals surface area contributed by atoms with E-state index in [1.165, 1.54) is 26.4 Å². The molecule has 1 saturated heterocycles. The van der Waals surface area contributed by atoms with Crippen LogP contribution in [0.4, 0.5) is 10.5 Å². The normalized spacial score (nSPS) is 15.6. The van der Waals surface area contributed by atoms with Crippen LogP contribution < -0.4 is 19.7 Å². The van der Waals surface area contributed by atoms with Crippen LogP contribution in [-0.2, 0) is 9.59 Å². The summed E-state index contributed by atoms with van der Waals surface area (Å²) in [5.41, 5.74) is 2.39. The zero-order chi connectivity index (χ0) is 21.3. The summed E-state index contributed by atoms with van der Waals surface area (Å²) in [6.45, 7) is 3.72. The van der Waals surface area contributed by atoms with E-state index in [1.807, 2.05) is 19.9 Å². The van der Waals surface area contributed by atoms with Crippen molar-refractivity contribution in [2.24, 2.45) is 0 Å². The van der Waals surface area contributed by atoms with Gasteiger partial charge in [0, 0.05) is 0 Å². The number of nitrogens with zero attached hydrogens (tertiary/aromatic N) is 1. The first-order valence-corrected chi connectivity index (χ1v) is 9.04. The molecule has 1 fully saturated rings. The molecule has 1 heterocycles. The maximum atomic E-state index is 13.0. The Morgan fingerprint density at radius 3 is 2.21 bits per heavy atom. The van der Waals surface area contributed by atoms with E-state index >= 15 is 0 Å². The number of amides is 4. The first kappa shape index (κ1) is 20.4. The molecule has 0 atom stereocenters. The smallest absolute Gasteiger partial charge is 0.335 e. The lowest BCUT2D eigenvalue weighted by atomic mass is 10.0. The second-order valence-corrected chi connectivity index (χ2v) is 6.95. The Balaban J connectivity index is 2.07. The standard InChI is InChI=1S/C21H19ClN2O5/c1-11-5-12(2)7-14(6-11)24-20(26)15(19(25)23-21(24)27)8-13-9-16(22)18(29-4)17(10-13)28-3/h5-10H,1-4H3,(H,23,25,27). The first-order valence-electron chi connectivity index (χ1n) is 8.66. The zero-order valence-corrected chi connectivity index (χ0v) is 17.1. The number of urea groups is 1.